The first kappa shape index (κ1) is 13.4. The monoisotopic (exact) mass is 196 g/mol. The third kappa shape index (κ3) is 2.98. The molecule has 1 aliphatic rings. The van der Waals surface area contributed by atoms with Crippen molar-refractivity contribution in [2.45, 2.75) is 53.6 Å². The first-order valence-corrected chi connectivity index (χ1v) is 5.70. The topological polar surface area (TPSA) is 20.2 Å². The molecule has 1 aliphatic carbocycles. The van der Waals surface area contributed by atoms with Gasteiger partial charge in [0.25, 0.3) is 0 Å². The van der Waals surface area contributed by atoms with Crippen LogP contribution >= 0.6 is 0 Å². The molecule has 82 valence electrons. The normalized spacial score (nSPS) is 32.7. The van der Waals surface area contributed by atoms with E-state index in [2.05, 4.69) is 13.0 Å². The van der Waals surface area contributed by atoms with E-state index in [9.17, 15) is 5.11 Å². The van der Waals surface area contributed by atoms with Crippen molar-refractivity contribution in [3.05, 3.63) is 23.3 Å². The molecule has 0 spiro atoms. The van der Waals surface area contributed by atoms with Crippen LogP contribution in [0, 0.1) is 5.92 Å². The minimum atomic E-state index is -0.241. The average molecular weight is 196 g/mol. The standard InChI is InChI=1S/C11H18O.C2H6/c1-4-9-7-6-8(3)11(12)10(9)5-2;1-2/h4-5,8,11-12H,6-7H2,1-3H3;1-2H3/b9-4-,10-5+;. The van der Waals surface area contributed by atoms with Crippen LogP contribution in [-0.4, -0.2) is 11.2 Å². The van der Waals surface area contributed by atoms with Crippen LogP contribution in [0.2, 0.25) is 0 Å². The summed E-state index contributed by atoms with van der Waals surface area (Å²) in [4.78, 5) is 0. The molecular weight excluding hydrogens is 172 g/mol. The Morgan fingerprint density at radius 3 is 2.21 bits per heavy atom. The SMILES string of the molecule is C/C=C1/CCC(C)C(O)/C1=C/C.CC. The summed E-state index contributed by atoms with van der Waals surface area (Å²) in [5.41, 5.74) is 2.46. The zero-order chi connectivity index (χ0) is 11.1. The van der Waals surface area contributed by atoms with E-state index in [1.165, 1.54) is 5.57 Å². The number of allylic oxidation sites excluding steroid dienone is 2. The van der Waals surface area contributed by atoms with Crippen LogP contribution in [0.5, 0.6) is 0 Å². The Kier molecular flexibility index (Phi) is 6.56. The van der Waals surface area contributed by atoms with E-state index < -0.39 is 0 Å². The lowest BCUT2D eigenvalue weighted by atomic mass is 9.80. The molecule has 0 aromatic heterocycles. The van der Waals surface area contributed by atoms with Gasteiger partial charge < -0.3 is 5.11 Å². The zero-order valence-electron chi connectivity index (χ0n) is 10.2. The van der Waals surface area contributed by atoms with Crippen molar-refractivity contribution in [2.24, 2.45) is 5.92 Å². The molecule has 1 saturated carbocycles. The van der Waals surface area contributed by atoms with Gasteiger partial charge in [0.1, 0.15) is 0 Å². The molecule has 1 N–H and O–H groups in total. The van der Waals surface area contributed by atoms with E-state index in [4.69, 9.17) is 0 Å². The van der Waals surface area contributed by atoms with Gasteiger partial charge in [-0.2, -0.15) is 0 Å². The van der Waals surface area contributed by atoms with Crippen molar-refractivity contribution in [2.75, 3.05) is 0 Å². The van der Waals surface area contributed by atoms with Gasteiger partial charge >= 0.3 is 0 Å². The maximum atomic E-state index is 9.83. The van der Waals surface area contributed by atoms with E-state index in [1.807, 2.05) is 33.8 Å². The molecule has 1 fully saturated rings. The Morgan fingerprint density at radius 1 is 1.21 bits per heavy atom. The maximum Gasteiger partial charge on any atom is 0.0815 e. The van der Waals surface area contributed by atoms with Gasteiger partial charge in [0, 0.05) is 0 Å². The van der Waals surface area contributed by atoms with Gasteiger partial charge in [0.05, 0.1) is 6.10 Å². The second-order valence-corrected chi connectivity index (χ2v) is 3.52. The Balaban J connectivity index is 0.000000791. The summed E-state index contributed by atoms with van der Waals surface area (Å²) >= 11 is 0. The Labute approximate surface area is 88.5 Å². The van der Waals surface area contributed by atoms with E-state index in [0.29, 0.717) is 5.92 Å². The lowest BCUT2D eigenvalue weighted by Crippen LogP contribution is -2.25. The van der Waals surface area contributed by atoms with E-state index in [0.717, 1.165) is 18.4 Å². The molecule has 0 radical (unpaired) electrons. The van der Waals surface area contributed by atoms with Crippen LogP contribution in [-0.2, 0) is 0 Å². The maximum absolute atomic E-state index is 9.83. The van der Waals surface area contributed by atoms with Crippen LogP contribution in [0.4, 0.5) is 0 Å². The number of rotatable bonds is 0. The van der Waals surface area contributed by atoms with Crippen LogP contribution in [0.15, 0.2) is 23.3 Å². The largest absolute Gasteiger partial charge is 0.388 e. The zero-order valence-corrected chi connectivity index (χ0v) is 10.2. The minimum absolute atomic E-state index is 0.241. The predicted octanol–water partition coefficient (Wildman–Crippen LogP) is 3.70. The fraction of sp³-hybridized carbons (Fsp3) is 0.692. The van der Waals surface area contributed by atoms with Crippen LogP contribution in [0.3, 0.4) is 0 Å². The second kappa shape index (κ2) is 6.83. The van der Waals surface area contributed by atoms with E-state index in [1.54, 1.807) is 0 Å². The lowest BCUT2D eigenvalue weighted by molar-refractivity contribution is 0.137. The van der Waals surface area contributed by atoms with Crippen molar-refractivity contribution in [1.29, 1.82) is 0 Å². The average Bonchev–Trinajstić information content (AvgIpc) is 2.24. The first-order chi connectivity index (χ1) is 6.70. The van der Waals surface area contributed by atoms with Gasteiger partial charge in [-0.15, -0.1) is 0 Å². The Hall–Kier alpha value is -0.560. The summed E-state index contributed by atoms with van der Waals surface area (Å²) in [7, 11) is 0. The third-order valence-corrected chi connectivity index (χ3v) is 2.76. The van der Waals surface area contributed by atoms with Gasteiger partial charge in [0.2, 0.25) is 0 Å². The Bertz CT molecular complexity index is 213. The summed E-state index contributed by atoms with van der Waals surface area (Å²) in [5, 5.41) is 9.83. The summed E-state index contributed by atoms with van der Waals surface area (Å²) < 4.78 is 0. The first-order valence-electron chi connectivity index (χ1n) is 5.70. The van der Waals surface area contributed by atoms with Crippen molar-refractivity contribution < 1.29 is 5.11 Å². The molecule has 1 rings (SSSR count). The highest BCUT2D eigenvalue weighted by Crippen LogP contribution is 2.32. The van der Waals surface area contributed by atoms with E-state index in [-0.39, 0.29) is 6.10 Å². The lowest BCUT2D eigenvalue weighted by Gasteiger charge is -2.29. The quantitative estimate of drug-likeness (QED) is 0.626. The van der Waals surface area contributed by atoms with Crippen molar-refractivity contribution in [3.8, 4) is 0 Å². The van der Waals surface area contributed by atoms with Crippen LogP contribution < -0.4 is 0 Å². The Morgan fingerprint density at radius 2 is 1.79 bits per heavy atom. The van der Waals surface area contributed by atoms with E-state index >= 15 is 0 Å². The number of aliphatic hydroxyl groups excluding tert-OH is 1. The fourth-order valence-electron chi connectivity index (χ4n) is 1.85. The second-order valence-electron chi connectivity index (χ2n) is 3.52. The molecule has 0 saturated heterocycles. The molecular formula is C13H24O. The molecule has 0 bridgehead atoms. The highest BCUT2D eigenvalue weighted by Gasteiger charge is 2.25. The summed E-state index contributed by atoms with van der Waals surface area (Å²) in [6, 6.07) is 0. The molecule has 2 atom stereocenters. The molecule has 0 aromatic rings. The molecule has 2 unspecified atom stereocenters. The summed E-state index contributed by atoms with van der Waals surface area (Å²) in [6.07, 6.45) is 6.14. The number of hydrogen-bond acceptors (Lipinski definition) is 1. The van der Waals surface area contributed by atoms with Crippen molar-refractivity contribution in [3.63, 3.8) is 0 Å². The number of aliphatic hydroxyl groups is 1. The van der Waals surface area contributed by atoms with Gasteiger partial charge in [-0.25, -0.2) is 0 Å². The molecule has 14 heavy (non-hydrogen) atoms. The summed E-state index contributed by atoms with van der Waals surface area (Å²) in [6.45, 7) is 10.2. The molecule has 1 heteroatoms. The highest BCUT2D eigenvalue weighted by atomic mass is 16.3. The molecule has 1 nitrogen and oxygen atoms in total. The third-order valence-electron chi connectivity index (χ3n) is 2.76. The van der Waals surface area contributed by atoms with Crippen LogP contribution in [0.25, 0.3) is 0 Å². The van der Waals surface area contributed by atoms with Gasteiger partial charge in [0.15, 0.2) is 0 Å². The summed E-state index contributed by atoms with van der Waals surface area (Å²) in [5.74, 6) is 0.417. The smallest absolute Gasteiger partial charge is 0.0815 e. The highest BCUT2D eigenvalue weighted by molar-refractivity contribution is 5.35. The van der Waals surface area contributed by atoms with Crippen LogP contribution in [0.1, 0.15) is 47.5 Å². The van der Waals surface area contributed by atoms with Gasteiger partial charge in [-0.3, -0.25) is 0 Å². The molecule has 0 amide bonds. The predicted molar refractivity (Wildman–Crippen MR) is 63.3 cm³/mol. The molecule has 0 aromatic carbocycles. The molecule has 0 aliphatic heterocycles. The molecule has 0 heterocycles. The van der Waals surface area contributed by atoms with Crippen molar-refractivity contribution >= 4 is 0 Å². The van der Waals surface area contributed by atoms with Crippen molar-refractivity contribution in [1.82, 2.24) is 0 Å². The van der Waals surface area contributed by atoms with Gasteiger partial charge in [-0.1, -0.05) is 32.9 Å². The number of hydrogen-bond donors (Lipinski definition) is 1. The fourth-order valence-corrected chi connectivity index (χ4v) is 1.85. The van der Waals surface area contributed by atoms with Gasteiger partial charge in [-0.05, 0) is 43.8 Å². The minimum Gasteiger partial charge on any atom is -0.388 e.